The second kappa shape index (κ2) is 5.44. The first-order chi connectivity index (χ1) is 9.65. The predicted molar refractivity (Wildman–Crippen MR) is 86.7 cm³/mol. The van der Waals surface area contributed by atoms with Crippen molar-refractivity contribution >= 4 is 27.4 Å². The second-order valence-electron chi connectivity index (χ2n) is 5.29. The molecule has 0 radical (unpaired) electrons. The fourth-order valence-electron chi connectivity index (χ4n) is 2.34. The fraction of sp³-hybridized carbons (Fsp3) is 0.312. The smallest absolute Gasteiger partial charge is 0.129 e. The number of hydrogen-bond donors (Lipinski definition) is 1. The van der Waals surface area contributed by atoms with Crippen molar-refractivity contribution in [3.8, 4) is 0 Å². The monoisotopic (exact) mass is 331 g/mol. The third-order valence-corrected chi connectivity index (χ3v) is 4.52. The van der Waals surface area contributed by atoms with Gasteiger partial charge in [-0.1, -0.05) is 18.2 Å². The number of halogens is 1. The highest BCUT2D eigenvalue weighted by Gasteiger charge is 2.30. The van der Waals surface area contributed by atoms with Gasteiger partial charge in [-0.3, -0.25) is 0 Å². The second-order valence-corrected chi connectivity index (χ2v) is 6.15. The number of para-hydroxylation sites is 1. The van der Waals surface area contributed by atoms with E-state index in [1.165, 1.54) is 18.4 Å². The van der Waals surface area contributed by atoms with Gasteiger partial charge in [0.05, 0.1) is 5.69 Å². The molecule has 2 N–H and O–H groups in total. The summed E-state index contributed by atoms with van der Waals surface area (Å²) in [7, 11) is 0. The Morgan fingerprint density at radius 3 is 2.65 bits per heavy atom. The van der Waals surface area contributed by atoms with E-state index >= 15 is 0 Å². The summed E-state index contributed by atoms with van der Waals surface area (Å²) in [6, 6.07) is 12.8. The van der Waals surface area contributed by atoms with Gasteiger partial charge in [0, 0.05) is 22.7 Å². The highest BCUT2D eigenvalue weighted by atomic mass is 79.9. The van der Waals surface area contributed by atoms with Crippen LogP contribution in [0.25, 0.3) is 0 Å². The summed E-state index contributed by atoms with van der Waals surface area (Å²) in [6.45, 7) is 2.85. The van der Waals surface area contributed by atoms with E-state index in [-0.39, 0.29) is 0 Å². The van der Waals surface area contributed by atoms with Crippen LogP contribution in [0.15, 0.2) is 40.9 Å². The molecule has 0 saturated heterocycles. The number of aromatic nitrogens is 1. The molecule has 1 heterocycles. The van der Waals surface area contributed by atoms with Crippen LogP contribution in [0.3, 0.4) is 0 Å². The van der Waals surface area contributed by atoms with E-state index in [9.17, 15) is 0 Å². The number of nitrogens with zero attached hydrogens (tertiary/aromatic N) is 2. The lowest BCUT2D eigenvalue weighted by atomic mass is 10.1. The zero-order chi connectivity index (χ0) is 14.1. The van der Waals surface area contributed by atoms with Gasteiger partial charge in [-0.25, -0.2) is 4.98 Å². The molecule has 0 aliphatic heterocycles. The SMILES string of the molecule is Cc1nc(N(Cc2ccccc2N)C2CC2)ccc1Br. The number of nitrogen functional groups attached to an aromatic ring is 1. The maximum Gasteiger partial charge on any atom is 0.129 e. The molecule has 0 unspecified atom stereocenters. The topological polar surface area (TPSA) is 42.2 Å². The zero-order valence-electron chi connectivity index (χ0n) is 11.5. The summed E-state index contributed by atoms with van der Waals surface area (Å²) in [5, 5.41) is 0. The van der Waals surface area contributed by atoms with Crippen molar-refractivity contribution in [1.82, 2.24) is 4.98 Å². The van der Waals surface area contributed by atoms with Gasteiger partial charge in [-0.05, 0) is 59.5 Å². The van der Waals surface area contributed by atoms with Crippen molar-refractivity contribution in [3.05, 3.63) is 52.1 Å². The molecule has 0 bridgehead atoms. The third-order valence-electron chi connectivity index (χ3n) is 3.68. The van der Waals surface area contributed by atoms with Gasteiger partial charge in [0.1, 0.15) is 5.82 Å². The van der Waals surface area contributed by atoms with Gasteiger partial charge < -0.3 is 10.6 Å². The van der Waals surface area contributed by atoms with E-state index in [4.69, 9.17) is 10.7 Å². The van der Waals surface area contributed by atoms with Crippen LogP contribution >= 0.6 is 15.9 Å². The van der Waals surface area contributed by atoms with Crippen molar-refractivity contribution in [2.24, 2.45) is 0 Å². The number of rotatable bonds is 4. The minimum atomic E-state index is 0.600. The molecule has 4 heteroatoms. The molecule has 1 aromatic carbocycles. The van der Waals surface area contributed by atoms with Crippen LogP contribution in [-0.4, -0.2) is 11.0 Å². The summed E-state index contributed by atoms with van der Waals surface area (Å²) < 4.78 is 1.05. The van der Waals surface area contributed by atoms with E-state index in [0.29, 0.717) is 6.04 Å². The van der Waals surface area contributed by atoms with Crippen molar-refractivity contribution in [2.75, 3.05) is 10.6 Å². The standard InChI is InChI=1S/C16H18BrN3/c1-11-14(17)8-9-16(19-11)20(13-6-7-13)10-12-4-2-3-5-15(12)18/h2-5,8-9,13H,6-7,10,18H2,1H3. The molecule has 1 aliphatic carbocycles. The quantitative estimate of drug-likeness (QED) is 0.864. The first kappa shape index (κ1) is 13.4. The highest BCUT2D eigenvalue weighted by Crippen LogP contribution is 2.33. The molecular formula is C16H18BrN3. The number of pyridine rings is 1. The Bertz CT molecular complexity index is 623. The lowest BCUT2D eigenvalue weighted by molar-refractivity contribution is 0.776. The van der Waals surface area contributed by atoms with E-state index in [1.54, 1.807) is 0 Å². The molecule has 0 atom stereocenters. The largest absolute Gasteiger partial charge is 0.398 e. The van der Waals surface area contributed by atoms with Gasteiger partial charge >= 0.3 is 0 Å². The Morgan fingerprint density at radius 2 is 2.00 bits per heavy atom. The van der Waals surface area contributed by atoms with Crippen LogP contribution in [-0.2, 0) is 6.54 Å². The van der Waals surface area contributed by atoms with E-state index < -0.39 is 0 Å². The molecule has 20 heavy (non-hydrogen) atoms. The molecule has 3 rings (SSSR count). The molecular weight excluding hydrogens is 314 g/mol. The number of anilines is 2. The first-order valence-corrected chi connectivity index (χ1v) is 7.67. The molecule has 1 aromatic heterocycles. The van der Waals surface area contributed by atoms with Gasteiger partial charge in [0.15, 0.2) is 0 Å². The molecule has 3 nitrogen and oxygen atoms in total. The van der Waals surface area contributed by atoms with Crippen molar-refractivity contribution < 1.29 is 0 Å². The maximum absolute atomic E-state index is 6.07. The molecule has 1 saturated carbocycles. The maximum atomic E-state index is 6.07. The Hall–Kier alpha value is -1.55. The molecule has 1 aliphatic rings. The Kier molecular flexibility index (Phi) is 3.66. The Morgan fingerprint density at radius 1 is 1.25 bits per heavy atom. The Labute approximate surface area is 127 Å². The van der Waals surface area contributed by atoms with Crippen molar-refractivity contribution in [3.63, 3.8) is 0 Å². The lowest BCUT2D eigenvalue weighted by Gasteiger charge is -2.25. The third kappa shape index (κ3) is 2.80. The molecule has 104 valence electrons. The molecule has 1 fully saturated rings. The van der Waals surface area contributed by atoms with Crippen LogP contribution in [0.1, 0.15) is 24.1 Å². The summed E-state index contributed by atoms with van der Waals surface area (Å²) >= 11 is 3.51. The van der Waals surface area contributed by atoms with E-state index in [0.717, 1.165) is 28.2 Å². The average molecular weight is 332 g/mol. The fourth-order valence-corrected chi connectivity index (χ4v) is 2.56. The van der Waals surface area contributed by atoms with Crippen LogP contribution in [0.5, 0.6) is 0 Å². The normalized spacial score (nSPS) is 14.3. The summed E-state index contributed by atoms with van der Waals surface area (Å²) in [4.78, 5) is 7.06. The lowest BCUT2D eigenvalue weighted by Crippen LogP contribution is -2.26. The minimum Gasteiger partial charge on any atom is -0.398 e. The average Bonchev–Trinajstić information content (AvgIpc) is 3.26. The molecule has 0 spiro atoms. The van der Waals surface area contributed by atoms with E-state index in [1.807, 2.05) is 25.1 Å². The summed E-state index contributed by atoms with van der Waals surface area (Å²) in [6.07, 6.45) is 2.48. The van der Waals surface area contributed by atoms with Crippen LogP contribution in [0.4, 0.5) is 11.5 Å². The zero-order valence-corrected chi connectivity index (χ0v) is 13.1. The Balaban J connectivity index is 1.89. The molecule has 0 amide bonds. The van der Waals surface area contributed by atoms with Crippen molar-refractivity contribution in [2.45, 2.75) is 32.4 Å². The van der Waals surface area contributed by atoms with Crippen LogP contribution < -0.4 is 10.6 Å². The van der Waals surface area contributed by atoms with Gasteiger partial charge in [0.2, 0.25) is 0 Å². The highest BCUT2D eigenvalue weighted by molar-refractivity contribution is 9.10. The summed E-state index contributed by atoms with van der Waals surface area (Å²) in [5.41, 5.74) is 9.11. The summed E-state index contributed by atoms with van der Waals surface area (Å²) in [5.74, 6) is 1.04. The number of nitrogens with two attached hydrogens (primary N) is 1. The van der Waals surface area contributed by atoms with E-state index in [2.05, 4.69) is 39.0 Å². The number of benzene rings is 1. The predicted octanol–water partition coefficient (Wildman–Crippen LogP) is 3.90. The van der Waals surface area contributed by atoms with Crippen LogP contribution in [0, 0.1) is 6.92 Å². The van der Waals surface area contributed by atoms with Gasteiger partial charge in [-0.2, -0.15) is 0 Å². The van der Waals surface area contributed by atoms with Crippen molar-refractivity contribution in [1.29, 1.82) is 0 Å². The number of aryl methyl sites for hydroxylation is 1. The van der Waals surface area contributed by atoms with Gasteiger partial charge in [-0.15, -0.1) is 0 Å². The van der Waals surface area contributed by atoms with Gasteiger partial charge in [0.25, 0.3) is 0 Å². The number of hydrogen-bond acceptors (Lipinski definition) is 3. The first-order valence-electron chi connectivity index (χ1n) is 6.88. The van der Waals surface area contributed by atoms with Crippen LogP contribution in [0.2, 0.25) is 0 Å². The molecule has 2 aromatic rings. The minimum absolute atomic E-state index is 0.600.